The molecule has 1 aromatic carbocycles. The molecule has 0 aliphatic carbocycles. The molecule has 1 N–H and O–H groups in total. The summed E-state index contributed by atoms with van der Waals surface area (Å²) in [7, 11) is 0. The fraction of sp³-hybridized carbons (Fsp3) is 0.562. The van der Waals surface area contributed by atoms with Crippen molar-refractivity contribution in [2.24, 2.45) is 5.92 Å². The minimum atomic E-state index is -1.11. The molecule has 4 heteroatoms. The summed E-state index contributed by atoms with van der Waals surface area (Å²) in [4.78, 5) is 0. The first-order chi connectivity index (χ1) is 9.29. The van der Waals surface area contributed by atoms with Gasteiger partial charge in [0.2, 0.25) is 0 Å². The molecule has 3 atom stereocenters. The van der Waals surface area contributed by atoms with E-state index in [1.54, 1.807) is 0 Å². The molecule has 3 nitrogen and oxygen atoms in total. The number of nitrogens with zero attached hydrogens (tertiary/aromatic N) is 1. The highest BCUT2D eigenvalue weighted by Crippen LogP contribution is 2.28. The Balaban J connectivity index is 2.97. The van der Waals surface area contributed by atoms with Gasteiger partial charge in [0.15, 0.2) is 0 Å². The van der Waals surface area contributed by atoms with Crippen molar-refractivity contribution in [3.63, 3.8) is 0 Å². The van der Waals surface area contributed by atoms with Crippen molar-refractivity contribution in [3.05, 3.63) is 35.4 Å². The lowest BCUT2D eigenvalue weighted by atomic mass is 9.93. The quantitative estimate of drug-likeness (QED) is 0.842. The third-order valence-electron chi connectivity index (χ3n) is 3.40. The summed E-state index contributed by atoms with van der Waals surface area (Å²) in [6.45, 7) is 10.2. The van der Waals surface area contributed by atoms with Gasteiger partial charge in [0.05, 0.1) is 17.7 Å². The lowest BCUT2D eigenvalue weighted by Crippen LogP contribution is -2.42. The molecule has 1 rings (SSSR count). The molecule has 0 saturated carbocycles. The molecule has 0 spiro atoms. The second kappa shape index (κ2) is 7.12. The monoisotopic (exact) mass is 292 g/mol. The average molecular weight is 292 g/mol. The Labute approximate surface area is 125 Å². The van der Waals surface area contributed by atoms with Crippen molar-refractivity contribution >= 4 is 11.4 Å². The van der Waals surface area contributed by atoms with Gasteiger partial charge in [-0.3, -0.25) is 0 Å². The Kier molecular flexibility index (Phi) is 6.07. The number of nitriles is 1. The molecule has 0 fully saturated rings. The lowest BCUT2D eigenvalue weighted by molar-refractivity contribution is 0.414. The van der Waals surface area contributed by atoms with Crippen molar-refractivity contribution in [2.75, 3.05) is 0 Å². The minimum Gasteiger partial charge on any atom is -0.598 e. The fourth-order valence-corrected chi connectivity index (χ4v) is 2.76. The van der Waals surface area contributed by atoms with Crippen molar-refractivity contribution < 1.29 is 4.55 Å². The first kappa shape index (κ1) is 17.0. The molecule has 110 valence electrons. The summed E-state index contributed by atoms with van der Waals surface area (Å²) in [6, 6.07) is 9.67. The van der Waals surface area contributed by atoms with Gasteiger partial charge < -0.3 is 4.55 Å². The number of nitrogens with one attached hydrogen (secondary N) is 1. The van der Waals surface area contributed by atoms with Crippen LogP contribution < -0.4 is 4.72 Å². The van der Waals surface area contributed by atoms with Gasteiger partial charge in [0, 0.05) is 11.4 Å². The third kappa shape index (κ3) is 4.52. The first-order valence-corrected chi connectivity index (χ1v) is 8.12. The standard InChI is InChI=1S/C16H24N2OS/c1-6-12(2)15(18-20(19)16(3,4)5)14-9-7-13(11-17)8-10-14/h7-10,12,15,18H,6H2,1-5H3/t12?,15-,20+/m0/s1. The smallest absolute Gasteiger partial charge is 0.136 e. The van der Waals surface area contributed by atoms with Gasteiger partial charge in [-0.2, -0.15) is 5.26 Å². The zero-order valence-corrected chi connectivity index (χ0v) is 13.8. The summed E-state index contributed by atoms with van der Waals surface area (Å²) >= 11 is -1.11. The van der Waals surface area contributed by atoms with Gasteiger partial charge in [0.25, 0.3) is 0 Å². The Morgan fingerprint density at radius 2 is 1.85 bits per heavy atom. The molecule has 0 aliphatic heterocycles. The normalized spacial score (nSPS) is 16.2. The maximum absolute atomic E-state index is 12.3. The van der Waals surface area contributed by atoms with E-state index in [2.05, 4.69) is 24.6 Å². The van der Waals surface area contributed by atoms with Crippen LogP contribution in [0.4, 0.5) is 0 Å². The molecule has 0 radical (unpaired) electrons. The van der Waals surface area contributed by atoms with Crippen LogP contribution in [0, 0.1) is 17.2 Å². The van der Waals surface area contributed by atoms with Crippen LogP contribution in [-0.4, -0.2) is 9.30 Å². The topological polar surface area (TPSA) is 58.9 Å². The molecular weight excluding hydrogens is 268 g/mol. The molecule has 0 heterocycles. The van der Waals surface area contributed by atoms with Gasteiger partial charge in [-0.1, -0.05) is 32.4 Å². The highest BCUT2D eigenvalue weighted by molar-refractivity contribution is 7.90. The van der Waals surface area contributed by atoms with E-state index < -0.39 is 11.4 Å². The van der Waals surface area contributed by atoms with Crippen LogP contribution in [0.15, 0.2) is 24.3 Å². The Morgan fingerprint density at radius 1 is 1.30 bits per heavy atom. The molecule has 0 bridgehead atoms. The van der Waals surface area contributed by atoms with E-state index >= 15 is 0 Å². The van der Waals surface area contributed by atoms with Crippen LogP contribution in [0.1, 0.15) is 58.2 Å². The molecule has 1 unspecified atom stereocenters. The highest BCUT2D eigenvalue weighted by Gasteiger charge is 2.31. The predicted molar refractivity (Wildman–Crippen MR) is 84.4 cm³/mol. The predicted octanol–water partition coefficient (Wildman–Crippen LogP) is 3.70. The van der Waals surface area contributed by atoms with Crippen molar-refractivity contribution in [3.8, 4) is 6.07 Å². The van der Waals surface area contributed by atoms with Gasteiger partial charge in [0.1, 0.15) is 4.75 Å². The van der Waals surface area contributed by atoms with Gasteiger partial charge in [-0.25, -0.2) is 0 Å². The van der Waals surface area contributed by atoms with Crippen molar-refractivity contribution in [2.45, 2.75) is 51.8 Å². The molecular formula is C16H24N2OS. The molecule has 1 aromatic rings. The van der Waals surface area contributed by atoms with Gasteiger partial charge in [-0.15, -0.1) is 4.72 Å². The molecule has 0 saturated heterocycles. The van der Waals surface area contributed by atoms with E-state index in [9.17, 15) is 4.55 Å². The number of rotatable bonds is 5. The van der Waals surface area contributed by atoms with Crippen molar-refractivity contribution in [1.29, 1.82) is 5.26 Å². The van der Waals surface area contributed by atoms with Crippen LogP contribution >= 0.6 is 0 Å². The lowest BCUT2D eigenvalue weighted by Gasteiger charge is -2.30. The Bertz CT molecular complexity index is 459. The van der Waals surface area contributed by atoms with E-state index in [-0.39, 0.29) is 10.8 Å². The largest absolute Gasteiger partial charge is 0.598 e. The zero-order chi connectivity index (χ0) is 15.3. The van der Waals surface area contributed by atoms with E-state index in [0.29, 0.717) is 11.5 Å². The van der Waals surface area contributed by atoms with Gasteiger partial charge >= 0.3 is 0 Å². The number of hydrogen-bond acceptors (Lipinski definition) is 3. The molecule has 0 aromatic heterocycles. The zero-order valence-electron chi connectivity index (χ0n) is 12.9. The number of hydrogen-bond donors (Lipinski definition) is 1. The maximum Gasteiger partial charge on any atom is 0.136 e. The van der Waals surface area contributed by atoms with E-state index in [1.807, 2.05) is 45.0 Å². The van der Waals surface area contributed by atoms with E-state index in [0.717, 1.165) is 12.0 Å². The summed E-state index contributed by atoms with van der Waals surface area (Å²) in [5.41, 5.74) is 1.73. The Hall–Kier alpha value is -1.02. The average Bonchev–Trinajstić information content (AvgIpc) is 2.42. The van der Waals surface area contributed by atoms with Crippen LogP contribution in [-0.2, 0) is 11.4 Å². The second-order valence-electron chi connectivity index (χ2n) is 6.10. The highest BCUT2D eigenvalue weighted by atomic mass is 32.2. The molecule has 0 amide bonds. The van der Waals surface area contributed by atoms with E-state index in [4.69, 9.17) is 5.26 Å². The summed E-state index contributed by atoms with van der Waals surface area (Å²) in [6.07, 6.45) is 0.999. The van der Waals surface area contributed by atoms with Crippen LogP contribution in [0.5, 0.6) is 0 Å². The first-order valence-electron chi connectivity index (χ1n) is 6.97. The summed E-state index contributed by atoms with van der Waals surface area (Å²) in [5, 5.41) is 8.86. The van der Waals surface area contributed by atoms with Crippen LogP contribution in [0.3, 0.4) is 0 Å². The third-order valence-corrected chi connectivity index (χ3v) is 4.98. The molecule has 0 aliphatic rings. The van der Waals surface area contributed by atoms with Crippen LogP contribution in [0.25, 0.3) is 0 Å². The SMILES string of the molecule is CCC(C)[C@H](N[S@+]([O-])C(C)(C)C)c1ccc(C#N)cc1. The Morgan fingerprint density at radius 3 is 2.25 bits per heavy atom. The fourth-order valence-electron chi connectivity index (χ4n) is 1.81. The van der Waals surface area contributed by atoms with Crippen molar-refractivity contribution in [1.82, 2.24) is 4.72 Å². The summed E-state index contributed by atoms with van der Waals surface area (Å²) in [5.74, 6) is 0.370. The number of benzene rings is 1. The minimum absolute atomic E-state index is 0.0350. The summed E-state index contributed by atoms with van der Waals surface area (Å²) < 4.78 is 15.3. The maximum atomic E-state index is 12.3. The van der Waals surface area contributed by atoms with E-state index in [1.165, 1.54) is 0 Å². The molecule has 20 heavy (non-hydrogen) atoms. The van der Waals surface area contributed by atoms with Crippen LogP contribution in [0.2, 0.25) is 0 Å². The van der Waals surface area contributed by atoms with Gasteiger partial charge in [-0.05, 0) is 44.4 Å². The second-order valence-corrected chi connectivity index (χ2v) is 8.09.